The molecule has 1 aromatic rings. The van der Waals surface area contributed by atoms with E-state index in [9.17, 15) is 4.79 Å². The first-order valence-electron chi connectivity index (χ1n) is 5.47. The Hall–Kier alpha value is -1.16. The summed E-state index contributed by atoms with van der Waals surface area (Å²) in [5, 5.41) is 12.5. The lowest BCUT2D eigenvalue weighted by molar-refractivity contribution is 0.0697. The van der Waals surface area contributed by atoms with Gasteiger partial charge in [-0.15, -0.1) is 0 Å². The molecule has 84 valence electrons. The van der Waals surface area contributed by atoms with Crippen LogP contribution in [0.15, 0.2) is 18.2 Å². The predicted octanol–water partition coefficient (Wildman–Crippen LogP) is 2.40. The van der Waals surface area contributed by atoms with E-state index < -0.39 is 5.97 Å². The summed E-state index contributed by atoms with van der Waals surface area (Å²) in [5.74, 6) is 1.96. The topological polar surface area (TPSA) is 49.3 Å². The van der Waals surface area contributed by atoms with E-state index in [1.807, 2.05) is 23.9 Å². The lowest BCUT2D eigenvalue weighted by Gasteiger charge is -2.24. The van der Waals surface area contributed by atoms with Gasteiger partial charge in [-0.25, -0.2) is 4.79 Å². The van der Waals surface area contributed by atoms with Crippen molar-refractivity contribution >= 4 is 23.4 Å². The van der Waals surface area contributed by atoms with Gasteiger partial charge < -0.3 is 10.4 Å². The molecule has 2 N–H and O–H groups in total. The van der Waals surface area contributed by atoms with E-state index >= 15 is 0 Å². The highest BCUT2D eigenvalue weighted by Gasteiger charge is 2.34. The van der Waals surface area contributed by atoms with Crippen molar-refractivity contribution in [2.24, 2.45) is 0 Å². The van der Waals surface area contributed by atoms with E-state index in [4.69, 9.17) is 5.11 Å². The van der Waals surface area contributed by atoms with Crippen LogP contribution in [0.25, 0.3) is 0 Å². The van der Waals surface area contributed by atoms with Gasteiger partial charge in [0.2, 0.25) is 0 Å². The summed E-state index contributed by atoms with van der Waals surface area (Å²) in [4.78, 5) is 10.9. The smallest absolute Gasteiger partial charge is 0.335 e. The first-order chi connectivity index (χ1) is 7.75. The molecule has 2 aliphatic rings. The SMILES string of the molecule is O=C(O)c1ccc2c(c1)C1CSCCC1N2. The lowest BCUT2D eigenvalue weighted by atomic mass is 9.94. The molecule has 2 unspecified atom stereocenters. The van der Waals surface area contributed by atoms with Crippen LogP contribution >= 0.6 is 11.8 Å². The fourth-order valence-electron chi connectivity index (χ4n) is 2.55. The Bertz CT molecular complexity index is 447. The normalized spacial score (nSPS) is 26.8. The molecule has 0 saturated carbocycles. The van der Waals surface area contributed by atoms with Crippen molar-refractivity contribution < 1.29 is 9.90 Å². The summed E-state index contributed by atoms with van der Waals surface area (Å²) < 4.78 is 0. The maximum atomic E-state index is 10.9. The summed E-state index contributed by atoms with van der Waals surface area (Å²) in [5.41, 5.74) is 2.72. The van der Waals surface area contributed by atoms with Crippen LogP contribution in [0.5, 0.6) is 0 Å². The Morgan fingerprint density at radius 3 is 3.19 bits per heavy atom. The molecule has 2 heterocycles. The van der Waals surface area contributed by atoms with Gasteiger partial charge in [0.15, 0.2) is 0 Å². The number of nitrogens with one attached hydrogen (secondary N) is 1. The second-order valence-corrected chi connectivity index (χ2v) is 5.48. The highest BCUT2D eigenvalue weighted by atomic mass is 32.2. The molecule has 0 spiro atoms. The van der Waals surface area contributed by atoms with Crippen molar-refractivity contribution in [1.82, 2.24) is 0 Å². The van der Waals surface area contributed by atoms with Gasteiger partial charge in [0.05, 0.1) is 5.56 Å². The van der Waals surface area contributed by atoms with E-state index in [0.29, 0.717) is 17.5 Å². The van der Waals surface area contributed by atoms with Gasteiger partial charge >= 0.3 is 5.97 Å². The molecular weight excluding hydrogens is 222 g/mol. The summed E-state index contributed by atoms with van der Waals surface area (Å²) in [6, 6.07) is 5.93. The molecule has 3 rings (SSSR count). The molecule has 1 saturated heterocycles. The zero-order valence-corrected chi connectivity index (χ0v) is 9.59. The van der Waals surface area contributed by atoms with Crippen molar-refractivity contribution in [3.05, 3.63) is 29.3 Å². The zero-order chi connectivity index (χ0) is 11.1. The largest absolute Gasteiger partial charge is 0.478 e. The van der Waals surface area contributed by atoms with Crippen LogP contribution in [0, 0.1) is 0 Å². The Morgan fingerprint density at radius 2 is 2.38 bits per heavy atom. The van der Waals surface area contributed by atoms with Gasteiger partial charge in [0.1, 0.15) is 0 Å². The number of carbonyl (C=O) groups is 1. The molecule has 0 aromatic heterocycles. The van der Waals surface area contributed by atoms with E-state index in [2.05, 4.69) is 5.32 Å². The van der Waals surface area contributed by atoms with Crippen molar-refractivity contribution in [3.8, 4) is 0 Å². The summed E-state index contributed by atoms with van der Waals surface area (Å²) in [7, 11) is 0. The van der Waals surface area contributed by atoms with Crippen LogP contribution in [0.4, 0.5) is 5.69 Å². The molecule has 0 radical (unpaired) electrons. The number of thioether (sulfide) groups is 1. The first-order valence-corrected chi connectivity index (χ1v) is 6.62. The van der Waals surface area contributed by atoms with Gasteiger partial charge in [-0.3, -0.25) is 0 Å². The van der Waals surface area contributed by atoms with Crippen LogP contribution in [0.3, 0.4) is 0 Å². The summed E-state index contributed by atoms with van der Waals surface area (Å²) in [6.45, 7) is 0. The first kappa shape index (κ1) is 10.0. The molecular formula is C12H13NO2S. The lowest BCUT2D eigenvalue weighted by Crippen LogP contribution is -2.26. The van der Waals surface area contributed by atoms with Gasteiger partial charge in [-0.1, -0.05) is 0 Å². The van der Waals surface area contributed by atoms with Gasteiger partial charge in [0.25, 0.3) is 0 Å². The molecule has 16 heavy (non-hydrogen) atoms. The molecule has 2 atom stereocenters. The average molecular weight is 235 g/mol. The summed E-state index contributed by atoms with van der Waals surface area (Å²) >= 11 is 1.96. The number of aromatic carboxylic acids is 1. The number of hydrogen-bond acceptors (Lipinski definition) is 3. The molecule has 0 amide bonds. The molecule has 0 bridgehead atoms. The second-order valence-electron chi connectivity index (χ2n) is 4.33. The fraction of sp³-hybridized carbons (Fsp3) is 0.417. The van der Waals surface area contributed by atoms with Crippen LogP contribution < -0.4 is 5.32 Å². The minimum absolute atomic E-state index is 0.400. The molecule has 2 aliphatic heterocycles. The average Bonchev–Trinajstić information content (AvgIpc) is 2.66. The van der Waals surface area contributed by atoms with E-state index in [0.717, 1.165) is 11.4 Å². The van der Waals surface area contributed by atoms with Gasteiger partial charge in [-0.05, 0) is 35.9 Å². The molecule has 4 heteroatoms. The minimum atomic E-state index is -0.838. The number of anilines is 1. The van der Waals surface area contributed by atoms with Crippen LogP contribution in [0.1, 0.15) is 28.3 Å². The van der Waals surface area contributed by atoms with Crippen molar-refractivity contribution in [3.63, 3.8) is 0 Å². The highest BCUT2D eigenvalue weighted by molar-refractivity contribution is 7.99. The number of hydrogen-bond donors (Lipinski definition) is 2. The minimum Gasteiger partial charge on any atom is -0.478 e. The number of carboxylic acid groups (broad SMARTS) is 1. The quantitative estimate of drug-likeness (QED) is 0.784. The molecule has 1 fully saturated rings. The van der Waals surface area contributed by atoms with Crippen molar-refractivity contribution in [2.75, 3.05) is 16.8 Å². The molecule has 0 aliphatic carbocycles. The highest BCUT2D eigenvalue weighted by Crippen LogP contribution is 2.42. The zero-order valence-electron chi connectivity index (χ0n) is 8.77. The number of benzene rings is 1. The van der Waals surface area contributed by atoms with E-state index in [1.54, 1.807) is 6.07 Å². The maximum Gasteiger partial charge on any atom is 0.335 e. The Kier molecular flexibility index (Phi) is 2.32. The Labute approximate surface area is 98.2 Å². The maximum absolute atomic E-state index is 10.9. The van der Waals surface area contributed by atoms with Crippen LogP contribution in [-0.4, -0.2) is 28.6 Å². The monoisotopic (exact) mass is 235 g/mol. The third-order valence-electron chi connectivity index (χ3n) is 3.40. The van der Waals surface area contributed by atoms with Crippen LogP contribution in [0.2, 0.25) is 0 Å². The van der Waals surface area contributed by atoms with E-state index in [1.165, 1.54) is 17.7 Å². The van der Waals surface area contributed by atoms with Gasteiger partial charge in [-0.2, -0.15) is 11.8 Å². The number of rotatable bonds is 1. The second kappa shape index (κ2) is 3.70. The molecule has 3 nitrogen and oxygen atoms in total. The Morgan fingerprint density at radius 1 is 1.50 bits per heavy atom. The third kappa shape index (κ3) is 1.48. The number of carboxylic acids is 1. The Balaban J connectivity index is 2.00. The van der Waals surface area contributed by atoms with Crippen molar-refractivity contribution in [1.29, 1.82) is 0 Å². The summed E-state index contributed by atoms with van der Waals surface area (Å²) in [6.07, 6.45) is 1.17. The number of fused-ring (bicyclic) bond motifs is 3. The fourth-order valence-corrected chi connectivity index (χ4v) is 3.80. The predicted molar refractivity (Wildman–Crippen MR) is 65.5 cm³/mol. The third-order valence-corrected chi connectivity index (χ3v) is 4.51. The molecule has 1 aromatic carbocycles. The van der Waals surface area contributed by atoms with E-state index in [-0.39, 0.29) is 0 Å². The standard InChI is InChI=1S/C12H13NO2S/c14-12(15)7-1-2-10-8(5-7)9-6-16-4-3-11(9)13-10/h1-2,5,9,11,13H,3-4,6H2,(H,14,15). The van der Waals surface area contributed by atoms with Crippen LogP contribution in [-0.2, 0) is 0 Å². The van der Waals surface area contributed by atoms with Crippen molar-refractivity contribution in [2.45, 2.75) is 18.4 Å². The van der Waals surface area contributed by atoms with Gasteiger partial charge in [0, 0.05) is 23.4 Å².